The van der Waals surface area contributed by atoms with Gasteiger partial charge in [0.15, 0.2) is 0 Å². The number of rotatable bonds is 8. The van der Waals surface area contributed by atoms with Gasteiger partial charge in [0.05, 0.1) is 6.61 Å². The van der Waals surface area contributed by atoms with Gasteiger partial charge in [-0.1, -0.05) is 19.8 Å². The highest BCUT2D eigenvalue weighted by atomic mass is 16.3. The van der Waals surface area contributed by atoms with Crippen LogP contribution in [0, 0.1) is 5.41 Å². The topological polar surface area (TPSA) is 38.7 Å². The van der Waals surface area contributed by atoms with E-state index in [0.717, 1.165) is 26.2 Å². The third-order valence-corrected chi connectivity index (χ3v) is 5.03. The van der Waals surface area contributed by atoms with Gasteiger partial charge in [0.2, 0.25) is 0 Å². The van der Waals surface area contributed by atoms with Crippen LogP contribution in [0.15, 0.2) is 0 Å². The molecule has 0 amide bonds. The predicted molar refractivity (Wildman–Crippen MR) is 84.0 cm³/mol. The average Bonchev–Trinajstić information content (AvgIpc) is 2.90. The fourth-order valence-corrected chi connectivity index (χ4v) is 3.83. The molecule has 20 heavy (non-hydrogen) atoms. The molecule has 1 aliphatic heterocycles. The number of piperazine rings is 1. The van der Waals surface area contributed by atoms with Gasteiger partial charge in [-0.2, -0.15) is 0 Å². The van der Waals surface area contributed by atoms with E-state index in [4.69, 9.17) is 5.11 Å². The zero-order valence-electron chi connectivity index (χ0n) is 13.2. The minimum absolute atomic E-state index is 0.297. The fraction of sp³-hybridized carbons (Fsp3) is 1.00. The number of aliphatic hydroxyl groups is 1. The first-order chi connectivity index (χ1) is 9.78. The molecule has 2 N–H and O–H groups in total. The van der Waals surface area contributed by atoms with E-state index >= 15 is 0 Å². The highest BCUT2D eigenvalue weighted by molar-refractivity contribution is 4.90. The molecule has 2 rings (SSSR count). The summed E-state index contributed by atoms with van der Waals surface area (Å²) in [5.74, 6) is 0. The summed E-state index contributed by atoms with van der Waals surface area (Å²) in [6.45, 7) is 11.6. The summed E-state index contributed by atoms with van der Waals surface area (Å²) in [4.78, 5) is 5.04. The Labute approximate surface area is 124 Å². The lowest BCUT2D eigenvalue weighted by molar-refractivity contribution is 0.0759. The molecule has 0 aromatic rings. The van der Waals surface area contributed by atoms with Crippen LogP contribution >= 0.6 is 0 Å². The van der Waals surface area contributed by atoms with Gasteiger partial charge in [-0.15, -0.1) is 0 Å². The van der Waals surface area contributed by atoms with E-state index < -0.39 is 0 Å². The van der Waals surface area contributed by atoms with Gasteiger partial charge in [0, 0.05) is 45.8 Å². The zero-order valence-corrected chi connectivity index (χ0v) is 13.2. The second kappa shape index (κ2) is 8.32. The van der Waals surface area contributed by atoms with E-state index in [-0.39, 0.29) is 0 Å². The smallest absolute Gasteiger partial charge is 0.0558 e. The Bertz CT molecular complexity index is 258. The number of hydrogen-bond donors (Lipinski definition) is 2. The summed E-state index contributed by atoms with van der Waals surface area (Å²) in [5, 5.41) is 12.7. The van der Waals surface area contributed by atoms with Gasteiger partial charge in [-0.05, 0) is 31.2 Å². The molecule has 0 aromatic carbocycles. The molecule has 1 saturated heterocycles. The van der Waals surface area contributed by atoms with Crippen molar-refractivity contribution in [3.05, 3.63) is 0 Å². The maximum absolute atomic E-state index is 9.01. The number of aliphatic hydroxyl groups excluding tert-OH is 1. The maximum Gasteiger partial charge on any atom is 0.0558 e. The lowest BCUT2D eigenvalue weighted by atomic mass is 9.85. The van der Waals surface area contributed by atoms with E-state index in [1.54, 1.807) is 0 Å². The predicted octanol–water partition coefficient (Wildman–Crippen LogP) is 1.16. The summed E-state index contributed by atoms with van der Waals surface area (Å²) < 4.78 is 0. The van der Waals surface area contributed by atoms with Gasteiger partial charge in [-0.3, -0.25) is 4.90 Å². The third-order valence-electron chi connectivity index (χ3n) is 5.03. The highest BCUT2D eigenvalue weighted by Crippen LogP contribution is 2.38. The monoisotopic (exact) mass is 283 g/mol. The van der Waals surface area contributed by atoms with Crippen LogP contribution in [0.1, 0.15) is 39.0 Å². The summed E-state index contributed by atoms with van der Waals surface area (Å²) in [6.07, 6.45) is 6.87. The molecule has 0 aromatic heterocycles. The van der Waals surface area contributed by atoms with Gasteiger partial charge >= 0.3 is 0 Å². The van der Waals surface area contributed by atoms with E-state index in [2.05, 4.69) is 22.0 Å². The van der Waals surface area contributed by atoms with Gasteiger partial charge in [0.25, 0.3) is 0 Å². The summed E-state index contributed by atoms with van der Waals surface area (Å²) in [6, 6.07) is 0. The molecule has 2 fully saturated rings. The fourth-order valence-electron chi connectivity index (χ4n) is 3.83. The molecule has 2 aliphatic rings. The normalized spacial score (nSPS) is 24.3. The minimum Gasteiger partial charge on any atom is -0.395 e. The van der Waals surface area contributed by atoms with Crippen molar-refractivity contribution in [2.24, 2.45) is 5.41 Å². The molecule has 0 spiro atoms. The van der Waals surface area contributed by atoms with Crippen molar-refractivity contribution in [1.82, 2.24) is 15.1 Å². The Morgan fingerprint density at radius 1 is 1.05 bits per heavy atom. The molecule has 0 atom stereocenters. The largest absolute Gasteiger partial charge is 0.395 e. The van der Waals surface area contributed by atoms with Crippen LogP contribution in [0.5, 0.6) is 0 Å². The summed E-state index contributed by atoms with van der Waals surface area (Å²) in [5.41, 5.74) is 0.536. The first-order valence-electron chi connectivity index (χ1n) is 8.54. The van der Waals surface area contributed by atoms with Crippen LogP contribution in [0.25, 0.3) is 0 Å². The maximum atomic E-state index is 9.01. The Hall–Kier alpha value is -0.160. The Balaban J connectivity index is 1.77. The number of nitrogens with zero attached hydrogens (tertiary/aromatic N) is 2. The highest BCUT2D eigenvalue weighted by Gasteiger charge is 2.35. The zero-order chi connectivity index (χ0) is 14.3. The Kier molecular flexibility index (Phi) is 6.75. The minimum atomic E-state index is 0.297. The molecular formula is C16H33N3O. The molecule has 4 heteroatoms. The molecule has 0 unspecified atom stereocenters. The molecule has 1 aliphatic carbocycles. The van der Waals surface area contributed by atoms with E-state index in [9.17, 15) is 0 Å². The SMILES string of the molecule is CCCNCC1(CN2CCN(CCO)CC2)CCCC1. The molecule has 0 bridgehead atoms. The van der Waals surface area contributed by atoms with Crippen molar-refractivity contribution < 1.29 is 5.11 Å². The van der Waals surface area contributed by atoms with Crippen LogP contribution in [0.2, 0.25) is 0 Å². The van der Waals surface area contributed by atoms with Crippen molar-refractivity contribution >= 4 is 0 Å². The Morgan fingerprint density at radius 2 is 1.70 bits per heavy atom. The van der Waals surface area contributed by atoms with Crippen molar-refractivity contribution in [2.45, 2.75) is 39.0 Å². The number of β-amino-alcohol motifs (C(OH)–C–C–N with tert-alkyl or cyclic N) is 1. The molecular weight excluding hydrogens is 250 g/mol. The van der Waals surface area contributed by atoms with E-state index in [1.807, 2.05) is 0 Å². The number of nitrogens with one attached hydrogen (secondary N) is 1. The van der Waals surface area contributed by atoms with Gasteiger partial charge in [-0.25, -0.2) is 0 Å². The van der Waals surface area contributed by atoms with Gasteiger partial charge < -0.3 is 15.3 Å². The van der Waals surface area contributed by atoms with Crippen LogP contribution in [0.3, 0.4) is 0 Å². The molecule has 118 valence electrons. The molecule has 0 radical (unpaired) electrons. The van der Waals surface area contributed by atoms with Crippen molar-refractivity contribution in [3.8, 4) is 0 Å². The van der Waals surface area contributed by atoms with E-state index in [1.165, 1.54) is 58.3 Å². The second-order valence-electron chi connectivity index (χ2n) is 6.73. The lowest BCUT2D eigenvalue weighted by Crippen LogP contribution is -2.51. The summed E-state index contributed by atoms with van der Waals surface area (Å²) >= 11 is 0. The lowest BCUT2D eigenvalue weighted by Gasteiger charge is -2.40. The van der Waals surface area contributed by atoms with Gasteiger partial charge in [0.1, 0.15) is 0 Å². The van der Waals surface area contributed by atoms with Crippen LogP contribution in [-0.4, -0.2) is 73.9 Å². The van der Waals surface area contributed by atoms with Crippen molar-refractivity contribution in [2.75, 3.05) is 59.0 Å². The second-order valence-corrected chi connectivity index (χ2v) is 6.73. The number of hydrogen-bond acceptors (Lipinski definition) is 4. The van der Waals surface area contributed by atoms with Crippen LogP contribution in [0.4, 0.5) is 0 Å². The molecule has 1 saturated carbocycles. The molecule has 1 heterocycles. The quantitative estimate of drug-likeness (QED) is 0.656. The average molecular weight is 283 g/mol. The summed E-state index contributed by atoms with van der Waals surface area (Å²) in [7, 11) is 0. The first kappa shape index (κ1) is 16.2. The third kappa shape index (κ3) is 4.69. The molecule has 4 nitrogen and oxygen atoms in total. The van der Waals surface area contributed by atoms with Crippen LogP contribution < -0.4 is 5.32 Å². The van der Waals surface area contributed by atoms with Crippen molar-refractivity contribution in [1.29, 1.82) is 0 Å². The Morgan fingerprint density at radius 3 is 2.30 bits per heavy atom. The standard InChI is InChI=1S/C16H33N3O/c1-2-7-17-14-16(5-3-4-6-16)15-19-10-8-18(9-11-19)12-13-20/h17,20H,2-15H2,1H3. The van der Waals surface area contributed by atoms with Crippen molar-refractivity contribution in [3.63, 3.8) is 0 Å². The van der Waals surface area contributed by atoms with E-state index in [0.29, 0.717) is 12.0 Å². The van der Waals surface area contributed by atoms with Crippen LogP contribution in [-0.2, 0) is 0 Å². The first-order valence-corrected chi connectivity index (χ1v) is 8.54.